The van der Waals surface area contributed by atoms with Crippen LogP contribution in [0.25, 0.3) is 0 Å². The highest BCUT2D eigenvalue weighted by atomic mass is 79.9. The second kappa shape index (κ2) is 8.99. The summed E-state index contributed by atoms with van der Waals surface area (Å²) in [6.45, 7) is 1.08. The van der Waals surface area contributed by atoms with Crippen molar-refractivity contribution in [3.63, 3.8) is 0 Å². The molecule has 2 rings (SSSR count). The van der Waals surface area contributed by atoms with Crippen molar-refractivity contribution in [3.05, 3.63) is 22.2 Å². The van der Waals surface area contributed by atoms with Gasteiger partial charge in [0, 0.05) is 12.7 Å². The van der Waals surface area contributed by atoms with Gasteiger partial charge < -0.3 is 19.7 Å². The molecule has 2 atom stereocenters. The molecule has 1 heterocycles. The number of halogens is 1. The fraction of sp³-hybridized carbons (Fsp3) is 0.429. The smallest absolute Gasteiger partial charge is 0.321 e. The van der Waals surface area contributed by atoms with Crippen LogP contribution in [0.4, 0.5) is 0 Å². The SMILES string of the molecule is CC(=O)O.COc1cc(C2NC(C(=O)O)CS2)cc(Br)c1OC. The monoisotopic (exact) mass is 407 g/mol. The van der Waals surface area contributed by atoms with Crippen molar-refractivity contribution >= 4 is 39.6 Å². The molecule has 1 aliphatic heterocycles. The zero-order valence-corrected chi connectivity index (χ0v) is 15.2. The summed E-state index contributed by atoms with van der Waals surface area (Å²) in [6, 6.07) is 3.26. The third-order valence-electron chi connectivity index (χ3n) is 2.84. The lowest BCUT2D eigenvalue weighted by atomic mass is 10.2. The van der Waals surface area contributed by atoms with Crippen LogP contribution in [0, 0.1) is 0 Å². The number of carboxylic acids is 2. The molecule has 0 bridgehead atoms. The summed E-state index contributed by atoms with van der Waals surface area (Å²) in [6.07, 6.45) is 0. The van der Waals surface area contributed by atoms with E-state index in [1.165, 1.54) is 0 Å². The number of hydrogen-bond acceptors (Lipinski definition) is 6. The minimum absolute atomic E-state index is 0.0581. The molecule has 1 fully saturated rings. The first kappa shape index (κ1) is 19.6. The van der Waals surface area contributed by atoms with Crippen molar-refractivity contribution in [3.8, 4) is 11.5 Å². The number of carbonyl (C=O) groups is 2. The fourth-order valence-electron chi connectivity index (χ4n) is 1.90. The third-order valence-corrected chi connectivity index (χ3v) is 4.70. The van der Waals surface area contributed by atoms with Gasteiger partial charge in [0.15, 0.2) is 11.5 Å². The maximum Gasteiger partial charge on any atom is 0.321 e. The van der Waals surface area contributed by atoms with Crippen LogP contribution in [0.1, 0.15) is 17.9 Å². The normalized spacial score (nSPS) is 19.5. The molecule has 1 aliphatic rings. The first-order chi connectivity index (χ1) is 10.8. The van der Waals surface area contributed by atoms with Crippen LogP contribution in [0.2, 0.25) is 0 Å². The van der Waals surface area contributed by atoms with Gasteiger partial charge >= 0.3 is 5.97 Å². The molecule has 0 aromatic heterocycles. The lowest BCUT2D eigenvalue weighted by Crippen LogP contribution is -2.33. The van der Waals surface area contributed by atoms with Gasteiger partial charge in [0.05, 0.1) is 24.1 Å². The van der Waals surface area contributed by atoms with Crippen LogP contribution < -0.4 is 14.8 Å². The van der Waals surface area contributed by atoms with E-state index in [9.17, 15) is 4.79 Å². The van der Waals surface area contributed by atoms with Crippen molar-refractivity contribution in [2.75, 3.05) is 20.0 Å². The maximum absolute atomic E-state index is 10.9. The Morgan fingerprint density at radius 3 is 2.35 bits per heavy atom. The highest BCUT2D eigenvalue weighted by Gasteiger charge is 2.31. The standard InChI is InChI=1S/C12H14BrNO4S.C2H4O2/c1-17-9-4-6(3-7(13)10(9)18-2)11-14-8(5-19-11)12(15)16;1-2(3)4/h3-4,8,11,14H,5H2,1-2H3,(H,15,16);1H3,(H,3,4). The Hall–Kier alpha value is -1.45. The minimum atomic E-state index is -0.833. The molecule has 128 valence electrons. The predicted octanol–water partition coefficient (Wildman–Crippen LogP) is 2.35. The molecule has 0 amide bonds. The van der Waals surface area contributed by atoms with Crippen LogP contribution in [0.5, 0.6) is 11.5 Å². The van der Waals surface area contributed by atoms with Crippen LogP contribution in [-0.2, 0) is 9.59 Å². The molecule has 2 unspecified atom stereocenters. The first-order valence-electron chi connectivity index (χ1n) is 6.51. The average Bonchev–Trinajstić information content (AvgIpc) is 2.95. The molecule has 23 heavy (non-hydrogen) atoms. The predicted molar refractivity (Wildman–Crippen MR) is 90.3 cm³/mol. The van der Waals surface area contributed by atoms with Crippen LogP contribution in [0.15, 0.2) is 16.6 Å². The molecule has 1 aromatic carbocycles. The summed E-state index contributed by atoms with van der Waals surface area (Å²) >= 11 is 5.00. The molecule has 9 heteroatoms. The van der Waals surface area contributed by atoms with Crippen molar-refractivity contribution in [1.82, 2.24) is 5.32 Å². The number of methoxy groups -OCH3 is 2. The summed E-state index contributed by atoms with van der Waals surface area (Å²) in [4.78, 5) is 19.9. The summed E-state index contributed by atoms with van der Waals surface area (Å²) in [7, 11) is 3.15. The highest BCUT2D eigenvalue weighted by Crippen LogP contribution is 2.41. The van der Waals surface area contributed by atoms with E-state index in [-0.39, 0.29) is 5.37 Å². The van der Waals surface area contributed by atoms with E-state index in [0.717, 1.165) is 17.0 Å². The zero-order valence-electron chi connectivity index (χ0n) is 12.8. The Balaban J connectivity index is 0.000000593. The number of hydrogen-bond donors (Lipinski definition) is 3. The molecule has 3 N–H and O–H groups in total. The van der Waals surface area contributed by atoms with Gasteiger partial charge in [-0.05, 0) is 33.6 Å². The Morgan fingerprint density at radius 1 is 1.30 bits per heavy atom. The van der Waals surface area contributed by atoms with Crippen molar-refractivity contribution < 1.29 is 29.3 Å². The van der Waals surface area contributed by atoms with Crippen molar-refractivity contribution in [2.24, 2.45) is 0 Å². The minimum Gasteiger partial charge on any atom is -0.493 e. The van der Waals surface area contributed by atoms with Crippen molar-refractivity contribution in [2.45, 2.75) is 18.3 Å². The Labute approximate surface area is 146 Å². The van der Waals surface area contributed by atoms with E-state index in [1.807, 2.05) is 12.1 Å². The summed E-state index contributed by atoms with van der Waals surface area (Å²) < 4.78 is 11.3. The number of ether oxygens (including phenoxy) is 2. The number of nitrogens with one attached hydrogen (secondary N) is 1. The van der Waals surface area contributed by atoms with Gasteiger partial charge in [-0.3, -0.25) is 14.9 Å². The summed E-state index contributed by atoms with van der Waals surface area (Å²) in [5.41, 5.74) is 0.957. The third kappa shape index (κ3) is 5.60. The van der Waals surface area contributed by atoms with Gasteiger partial charge in [0.1, 0.15) is 6.04 Å². The lowest BCUT2D eigenvalue weighted by molar-refractivity contribution is -0.138. The van der Waals surface area contributed by atoms with E-state index in [1.54, 1.807) is 26.0 Å². The molecule has 7 nitrogen and oxygen atoms in total. The molecular formula is C14H18BrNO6S. The van der Waals surface area contributed by atoms with Crippen molar-refractivity contribution in [1.29, 1.82) is 0 Å². The number of benzene rings is 1. The molecule has 0 aliphatic carbocycles. The zero-order chi connectivity index (χ0) is 17.6. The van der Waals surface area contributed by atoms with Gasteiger partial charge in [-0.25, -0.2) is 0 Å². The quantitative estimate of drug-likeness (QED) is 0.698. The highest BCUT2D eigenvalue weighted by molar-refractivity contribution is 9.10. The lowest BCUT2D eigenvalue weighted by Gasteiger charge is -2.16. The topological polar surface area (TPSA) is 105 Å². The molecule has 1 saturated heterocycles. The Morgan fingerprint density at radius 2 is 1.91 bits per heavy atom. The van der Waals surface area contributed by atoms with Crippen LogP contribution in [0.3, 0.4) is 0 Å². The van der Waals surface area contributed by atoms with Gasteiger partial charge in [-0.2, -0.15) is 0 Å². The number of aliphatic carboxylic acids is 2. The van der Waals surface area contributed by atoms with E-state index in [4.69, 9.17) is 24.5 Å². The van der Waals surface area contributed by atoms with E-state index < -0.39 is 18.0 Å². The Bertz CT molecular complexity index is 579. The van der Waals surface area contributed by atoms with Crippen LogP contribution in [-0.4, -0.2) is 48.2 Å². The first-order valence-corrected chi connectivity index (χ1v) is 8.35. The summed E-state index contributed by atoms with van der Waals surface area (Å²) in [5.74, 6) is 0.137. The second-order valence-corrected chi connectivity index (χ2v) is 6.52. The maximum atomic E-state index is 10.9. The fourth-order valence-corrected chi connectivity index (χ4v) is 3.73. The molecule has 1 aromatic rings. The van der Waals surface area contributed by atoms with Gasteiger partial charge in [-0.1, -0.05) is 0 Å². The Kier molecular flexibility index (Phi) is 7.66. The molecule has 0 saturated carbocycles. The van der Waals surface area contributed by atoms with E-state index in [2.05, 4.69) is 21.2 Å². The summed E-state index contributed by atoms with van der Waals surface area (Å²) in [5, 5.41) is 19.4. The van der Waals surface area contributed by atoms with Gasteiger partial charge in [0.25, 0.3) is 5.97 Å². The van der Waals surface area contributed by atoms with Crippen LogP contribution >= 0.6 is 27.7 Å². The van der Waals surface area contributed by atoms with Gasteiger partial charge in [-0.15, -0.1) is 11.8 Å². The molecule has 0 spiro atoms. The average molecular weight is 408 g/mol. The number of rotatable bonds is 4. The molecular weight excluding hydrogens is 390 g/mol. The van der Waals surface area contributed by atoms with Gasteiger partial charge in [0.2, 0.25) is 0 Å². The molecule has 0 radical (unpaired) electrons. The number of thioether (sulfide) groups is 1. The number of carboxylic acid groups (broad SMARTS) is 2. The second-order valence-electron chi connectivity index (χ2n) is 4.53. The largest absolute Gasteiger partial charge is 0.493 e. The van der Waals surface area contributed by atoms with E-state index >= 15 is 0 Å². The van der Waals surface area contributed by atoms with E-state index in [0.29, 0.717) is 17.3 Å².